The zero-order chi connectivity index (χ0) is 22.6. The van der Waals surface area contributed by atoms with Crippen LogP contribution in [0.5, 0.6) is 11.5 Å². The van der Waals surface area contributed by atoms with Crippen LogP contribution in [0, 0.1) is 5.82 Å². The highest BCUT2D eigenvalue weighted by Crippen LogP contribution is 2.31. The summed E-state index contributed by atoms with van der Waals surface area (Å²) >= 11 is 0. The molecule has 18 heteroatoms. The fourth-order valence-corrected chi connectivity index (χ4v) is 9.02. The monoisotopic (exact) mass is 556 g/mol. The lowest BCUT2D eigenvalue weighted by Crippen LogP contribution is -2.49. The van der Waals surface area contributed by atoms with Crippen molar-refractivity contribution in [2.24, 2.45) is 0 Å². The summed E-state index contributed by atoms with van der Waals surface area (Å²) in [5.74, 6) is 0.0425. The molecule has 0 amide bonds. The lowest BCUT2D eigenvalue weighted by molar-refractivity contribution is -0.843. The number of alkyl halides is 3. The Labute approximate surface area is 188 Å². The van der Waals surface area contributed by atoms with Gasteiger partial charge in [-0.15, -0.1) is 0 Å². The first-order valence-corrected chi connectivity index (χ1v) is 13.3. The van der Waals surface area contributed by atoms with Gasteiger partial charge in [0, 0.05) is 6.07 Å². The molecular formula is C14H10F4N6O2P6+4. The van der Waals surface area contributed by atoms with Gasteiger partial charge in [-0.3, -0.25) is 9.68 Å². The van der Waals surface area contributed by atoms with Crippen molar-refractivity contribution in [2.45, 2.75) is 12.8 Å². The van der Waals surface area contributed by atoms with E-state index in [2.05, 4.69) is 9.02 Å². The molecule has 4 rings (SSSR count). The van der Waals surface area contributed by atoms with Crippen molar-refractivity contribution < 1.29 is 43.9 Å². The third-order valence-electron chi connectivity index (χ3n) is 3.46. The van der Waals surface area contributed by atoms with Crippen LogP contribution in [0.2, 0.25) is 0 Å². The average Bonchev–Trinajstić information content (AvgIpc) is 2.74. The molecule has 0 aliphatic rings. The Morgan fingerprint density at radius 1 is 0.781 bits per heavy atom. The van der Waals surface area contributed by atoms with E-state index in [1.54, 1.807) is 12.1 Å². The molecule has 0 aliphatic heterocycles. The number of benzene rings is 2. The van der Waals surface area contributed by atoms with Crippen LogP contribution in [0.3, 0.4) is 0 Å². The molecule has 0 atom stereocenters. The molecule has 0 bridgehead atoms. The smallest absolute Gasteiger partial charge is 0.264 e. The van der Waals surface area contributed by atoms with Crippen LogP contribution in [0.15, 0.2) is 48.5 Å². The van der Waals surface area contributed by atoms with Gasteiger partial charge in [-0.05, 0) is 30.3 Å². The lowest BCUT2D eigenvalue weighted by Gasteiger charge is -2.06. The molecule has 32 heavy (non-hydrogen) atoms. The molecule has 0 saturated carbocycles. The molecule has 0 saturated heterocycles. The second kappa shape index (κ2) is 10.5. The highest BCUT2D eigenvalue weighted by Gasteiger charge is 2.31. The predicted octanol–water partition coefficient (Wildman–Crippen LogP) is 4.46. The number of hydrogen-bond donors (Lipinski definition) is 0. The van der Waals surface area contributed by atoms with Crippen LogP contribution in [0.4, 0.5) is 17.6 Å². The largest absolute Gasteiger partial charge is 0.542 e. The molecule has 0 radical (unpaired) electrons. The number of nitrogens with zero attached hydrogens (tertiary/aromatic N) is 6. The van der Waals surface area contributed by atoms with Crippen LogP contribution >= 0.6 is 51.1 Å². The fraction of sp³-hybridized carbons (Fsp3) is 0.143. The second-order valence-electron chi connectivity index (χ2n) is 5.77. The summed E-state index contributed by atoms with van der Waals surface area (Å²) in [5, 5.41) is 0. The Bertz CT molecular complexity index is 1260. The Kier molecular flexibility index (Phi) is 7.74. The zero-order valence-electron chi connectivity index (χ0n) is 15.5. The van der Waals surface area contributed by atoms with Gasteiger partial charge in [0.1, 0.15) is 14.8 Å². The van der Waals surface area contributed by atoms with Crippen LogP contribution in [-0.2, 0) is 12.8 Å². The van der Waals surface area contributed by atoms with Crippen molar-refractivity contribution in [2.75, 3.05) is 0 Å². The van der Waals surface area contributed by atoms with Gasteiger partial charge in [0.25, 0.3) is 6.67 Å². The van der Waals surface area contributed by atoms with Crippen molar-refractivity contribution >= 4 is 51.1 Å². The average molecular weight is 556 g/mol. The molecule has 162 valence electrons. The maximum atomic E-state index is 13.4. The van der Waals surface area contributed by atoms with Crippen molar-refractivity contribution in [3.8, 4) is 11.5 Å². The summed E-state index contributed by atoms with van der Waals surface area (Å²) in [5.41, 5.74) is -0.780. The Balaban J connectivity index is 1.47. The molecule has 0 unspecified atom stereocenters. The first-order chi connectivity index (χ1) is 15.3. The normalized spacial score (nSPS) is 12.8. The molecule has 2 heterocycles. The minimum atomic E-state index is -4.44. The first-order valence-electron chi connectivity index (χ1n) is 8.45. The third kappa shape index (κ3) is 6.68. The first kappa shape index (κ1) is 23.5. The Morgan fingerprint density at radius 2 is 1.34 bits per heavy atom. The van der Waals surface area contributed by atoms with Gasteiger partial charge >= 0.3 is 57.2 Å². The summed E-state index contributed by atoms with van der Waals surface area (Å²) in [6, 6.07) is 10.5. The number of halogens is 4. The van der Waals surface area contributed by atoms with Crippen LogP contribution in [0.1, 0.15) is 5.56 Å². The van der Waals surface area contributed by atoms with E-state index in [0.29, 0.717) is 63.5 Å². The molecule has 2 aromatic heterocycles. The zero-order valence-corrected chi connectivity index (χ0v) is 20.9. The summed E-state index contributed by atoms with van der Waals surface area (Å²) in [6.45, 7) is 0.426. The van der Waals surface area contributed by atoms with Gasteiger partial charge in [-0.1, -0.05) is 20.3 Å². The summed E-state index contributed by atoms with van der Waals surface area (Å²) in [7, 11) is 3.74. The van der Waals surface area contributed by atoms with E-state index in [-0.39, 0.29) is 5.75 Å². The van der Waals surface area contributed by atoms with Crippen LogP contribution < -0.4 is 26.4 Å². The van der Waals surface area contributed by atoms with Gasteiger partial charge in [0.05, 0.1) is 14.1 Å². The molecule has 2 aromatic carbocycles. The molecule has 0 aliphatic carbocycles. The van der Waals surface area contributed by atoms with Crippen LogP contribution in [-0.4, -0.2) is 9.02 Å². The number of aromatic nitrogens is 6. The molecular weight excluding hydrogens is 546 g/mol. The van der Waals surface area contributed by atoms with E-state index in [0.717, 1.165) is 12.1 Å². The summed E-state index contributed by atoms with van der Waals surface area (Å²) in [6.07, 6.45) is -4.44. The second-order valence-corrected chi connectivity index (χ2v) is 12.9. The van der Waals surface area contributed by atoms with Crippen molar-refractivity contribution in [1.29, 1.82) is 0 Å². The van der Waals surface area contributed by atoms with E-state index in [9.17, 15) is 17.6 Å². The minimum absolute atomic E-state index is 0.0752. The van der Waals surface area contributed by atoms with E-state index in [4.69, 9.17) is 9.68 Å². The van der Waals surface area contributed by atoms with E-state index in [1.807, 2.05) is 8.18 Å². The molecule has 0 fully saturated rings. The summed E-state index contributed by atoms with van der Waals surface area (Å²) < 4.78 is 67.4. The minimum Gasteiger partial charge on any atom is -0.264 e. The molecule has 0 N–H and O–H groups in total. The summed E-state index contributed by atoms with van der Waals surface area (Å²) in [4.78, 5) is 11.2. The Hall–Kier alpha value is -1.64. The lowest BCUT2D eigenvalue weighted by atomic mass is 10.2. The van der Waals surface area contributed by atoms with Gasteiger partial charge < -0.3 is 0 Å². The quantitative estimate of drug-likeness (QED) is 0.330. The number of hydrogen-bond acceptors (Lipinski definition) is 4. The van der Waals surface area contributed by atoms with Gasteiger partial charge in [0.15, 0.2) is 11.5 Å². The van der Waals surface area contributed by atoms with Crippen molar-refractivity contribution in [3.63, 3.8) is 0 Å². The van der Waals surface area contributed by atoms with Gasteiger partial charge in [-0.25, -0.2) is 4.39 Å². The van der Waals surface area contributed by atoms with Crippen molar-refractivity contribution in [1.82, 2.24) is 9.02 Å². The fourth-order valence-electron chi connectivity index (χ4n) is 2.19. The SMILES string of the molecule is Fc1cccc(O[n+]2pnp[n+](C[n+]3pnp[n+](Oc4cccc(C(F)(F)F)c4)p3)p2)c1. The standard InChI is InChI=1S/C14H10F4N6O2P6/c15-11-4-2-6-13(8-11)26-24-30-20-28-22(32-24)9-21-27-19-29-23(31-21)25-12-5-1-3-10(7-12)14(16,17)18/h1-8H,9H2/q+4. The highest BCUT2D eigenvalue weighted by atomic mass is 31.1. The number of rotatable bonds is 6. The molecule has 8 nitrogen and oxygen atoms in total. The van der Waals surface area contributed by atoms with E-state index < -0.39 is 17.6 Å². The topological polar surface area (TPSA) is 59.8 Å². The van der Waals surface area contributed by atoms with Gasteiger partial charge in [0.2, 0.25) is 0 Å². The van der Waals surface area contributed by atoms with Crippen LogP contribution in [0.25, 0.3) is 0 Å². The highest BCUT2D eigenvalue weighted by molar-refractivity contribution is 7.36. The van der Waals surface area contributed by atoms with Gasteiger partial charge in [-0.2, -0.15) is 13.2 Å². The predicted molar refractivity (Wildman–Crippen MR) is 110 cm³/mol. The molecule has 4 aromatic rings. The maximum Gasteiger partial charge on any atom is 0.542 e. The van der Waals surface area contributed by atoms with Crippen molar-refractivity contribution in [3.05, 3.63) is 59.9 Å². The van der Waals surface area contributed by atoms with E-state index in [1.165, 1.54) is 32.8 Å². The Morgan fingerprint density at radius 3 is 1.91 bits per heavy atom. The third-order valence-corrected chi connectivity index (χ3v) is 8.93. The maximum absolute atomic E-state index is 13.4. The molecule has 0 spiro atoms. The van der Waals surface area contributed by atoms with E-state index >= 15 is 0 Å².